The van der Waals surface area contributed by atoms with Crippen LogP contribution in [0.15, 0.2) is 53.5 Å². The fourth-order valence-electron chi connectivity index (χ4n) is 4.14. The number of fused-ring (bicyclic) bond motifs is 1. The third-order valence-corrected chi connectivity index (χ3v) is 5.71. The van der Waals surface area contributed by atoms with Crippen molar-refractivity contribution in [3.05, 3.63) is 65.5 Å². The highest BCUT2D eigenvalue weighted by Gasteiger charge is 2.45. The van der Waals surface area contributed by atoms with Crippen molar-refractivity contribution >= 4 is 17.4 Å². The summed E-state index contributed by atoms with van der Waals surface area (Å²) in [5.74, 6) is 0.469. The summed E-state index contributed by atoms with van der Waals surface area (Å²) >= 11 is 0. The molecule has 0 bridgehead atoms. The Kier molecular flexibility index (Phi) is 5.36. The standard InChI is InChI=1S/C24H29FN4O/c1-23(2,3)28-22-24(26-15-18-9-5-7-11-20(18)27-22)12-13-29(16-24)21(30)14-17-8-4-6-10-19(17)25/h4-11,26H,12-16H2,1-3H3,(H,27,28). The summed E-state index contributed by atoms with van der Waals surface area (Å²) in [7, 11) is 0. The number of halogens is 1. The first kappa shape index (κ1) is 20.5. The van der Waals surface area contributed by atoms with Gasteiger partial charge in [0.1, 0.15) is 11.7 Å². The second kappa shape index (κ2) is 7.84. The molecule has 1 saturated heterocycles. The first-order valence-electron chi connectivity index (χ1n) is 10.5. The van der Waals surface area contributed by atoms with Crippen LogP contribution in [0.5, 0.6) is 0 Å². The van der Waals surface area contributed by atoms with E-state index in [0.29, 0.717) is 25.2 Å². The lowest BCUT2D eigenvalue weighted by atomic mass is 9.95. The lowest BCUT2D eigenvalue weighted by Gasteiger charge is -2.32. The van der Waals surface area contributed by atoms with Crippen LogP contribution in [0.1, 0.15) is 38.3 Å². The molecule has 0 saturated carbocycles. The Morgan fingerprint density at radius 3 is 2.67 bits per heavy atom. The number of likely N-dealkylation sites (tertiary alicyclic amines) is 1. The third-order valence-electron chi connectivity index (χ3n) is 5.71. The molecule has 0 aromatic heterocycles. The van der Waals surface area contributed by atoms with Crippen molar-refractivity contribution in [1.82, 2.24) is 10.2 Å². The Hall–Kier alpha value is -2.73. The maximum atomic E-state index is 14.0. The van der Waals surface area contributed by atoms with Crippen LogP contribution >= 0.6 is 0 Å². The number of carbonyl (C=O) groups is 1. The average Bonchev–Trinajstić information content (AvgIpc) is 3.07. The van der Waals surface area contributed by atoms with E-state index in [0.717, 1.165) is 17.9 Å². The monoisotopic (exact) mass is 408 g/mol. The number of carbonyl (C=O) groups excluding carboxylic acids is 1. The number of hydrogen-bond acceptors (Lipinski definition) is 3. The summed E-state index contributed by atoms with van der Waals surface area (Å²) in [6.07, 6.45) is 0.827. The highest BCUT2D eigenvalue weighted by Crippen LogP contribution is 2.31. The fraction of sp³-hybridized carbons (Fsp3) is 0.417. The van der Waals surface area contributed by atoms with Gasteiger partial charge in [-0.15, -0.1) is 0 Å². The molecule has 2 aliphatic heterocycles. The van der Waals surface area contributed by atoms with Crippen LogP contribution in [0.3, 0.4) is 0 Å². The number of benzene rings is 2. The highest BCUT2D eigenvalue weighted by molar-refractivity contribution is 6.04. The Balaban J connectivity index is 1.60. The summed E-state index contributed by atoms with van der Waals surface area (Å²) in [6, 6.07) is 14.7. The van der Waals surface area contributed by atoms with Gasteiger partial charge in [0.25, 0.3) is 0 Å². The molecule has 2 aliphatic rings. The van der Waals surface area contributed by atoms with E-state index < -0.39 is 5.54 Å². The number of para-hydroxylation sites is 1. The molecule has 0 radical (unpaired) electrons. The van der Waals surface area contributed by atoms with Crippen LogP contribution < -0.4 is 10.6 Å². The third kappa shape index (κ3) is 4.24. The SMILES string of the molecule is CC(C)(C)N=C1Nc2ccccc2CNC12CCN(C(=O)Cc1ccccc1F)C2. The first-order chi connectivity index (χ1) is 14.3. The molecule has 1 amide bonds. The van der Waals surface area contributed by atoms with Crippen LogP contribution in [0.4, 0.5) is 10.1 Å². The van der Waals surface area contributed by atoms with E-state index in [-0.39, 0.29) is 23.7 Å². The minimum Gasteiger partial charge on any atom is -0.342 e. The normalized spacial score (nSPS) is 22.7. The highest BCUT2D eigenvalue weighted by atomic mass is 19.1. The zero-order valence-electron chi connectivity index (χ0n) is 17.8. The molecule has 1 unspecified atom stereocenters. The summed E-state index contributed by atoms with van der Waals surface area (Å²) in [4.78, 5) is 19.8. The molecule has 1 fully saturated rings. The Morgan fingerprint density at radius 1 is 1.17 bits per heavy atom. The van der Waals surface area contributed by atoms with Gasteiger partial charge in [-0.1, -0.05) is 36.4 Å². The first-order valence-corrected chi connectivity index (χ1v) is 10.5. The van der Waals surface area contributed by atoms with Crippen LogP contribution in [0.25, 0.3) is 0 Å². The van der Waals surface area contributed by atoms with Gasteiger partial charge >= 0.3 is 0 Å². The van der Waals surface area contributed by atoms with Gasteiger partial charge in [-0.25, -0.2) is 4.39 Å². The van der Waals surface area contributed by atoms with Crippen molar-refractivity contribution in [3.8, 4) is 0 Å². The molecule has 30 heavy (non-hydrogen) atoms. The van der Waals surface area contributed by atoms with Gasteiger partial charge in [-0.05, 0) is 50.5 Å². The smallest absolute Gasteiger partial charge is 0.227 e. The molecule has 4 rings (SSSR count). The van der Waals surface area contributed by atoms with E-state index in [1.54, 1.807) is 18.2 Å². The van der Waals surface area contributed by atoms with Crippen LogP contribution in [-0.4, -0.2) is 40.8 Å². The molecule has 2 N–H and O–H groups in total. The molecule has 2 aromatic rings. The molecule has 0 aliphatic carbocycles. The number of rotatable bonds is 2. The molecule has 6 heteroatoms. The zero-order valence-corrected chi connectivity index (χ0v) is 17.8. The van der Waals surface area contributed by atoms with Crippen LogP contribution in [-0.2, 0) is 17.8 Å². The van der Waals surface area contributed by atoms with Crippen molar-refractivity contribution in [2.24, 2.45) is 4.99 Å². The van der Waals surface area contributed by atoms with Crippen molar-refractivity contribution < 1.29 is 9.18 Å². The zero-order chi connectivity index (χ0) is 21.4. The number of hydrogen-bond donors (Lipinski definition) is 2. The minimum absolute atomic E-state index is 0.0596. The molecular formula is C24H29FN4O. The second-order valence-electron chi connectivity index (χ2n) is 9.18. The Bertz CT molecular complexity index is 981. The lowest BCUT2D eigenvalue weighted by Crippen LogP contribution is -2.56. The van der Waals surface area contributed by atoms with Gasteiger partial charge in [-0.3, -0.25) is 15.1 Å². The molecule has 1 spiro atoms. The van der Waals surface area contributed by atoms with Gasteiger partial charge < -0.3 is 10.2 Å². The van der Waals surface area contributed by atoms with Gasteiger partial charge in [-0.2, -0.15) is 0 Å². The van der Waals surface area contributed by atoms with Crippen molar-refractivity contribution in [2.75, 3.05) is 18.4 Å². The van der Waals surface area contributed by atoms with Gasteiger partial charge in [0.2, 0.25) is 5.91 Å². The largest absolute Gasteiger partial charge is 0.342 e. The predicted molar refractivity (Wildman–Crippen MR) is 118 cm³/mol. The number of amides is 1. The van der Waals surface area contributed by atoms with E-state index in [9.17, 15) is 9.18 Å². The van der Waals surface area contributed by atoms with Crippen LogP contribution in [0.2, 0.25) is 0 Å². The number of aliphatic imine (C=N–C) groups is 1. The van der Waals surface area contributed by atoms with Crippen molar-refractivity contribution in [2.45, 2.75) is 51.2 Å². The summed E-state index contributed by atoms with van der Waals surface area (Å²) in [6.45, 7) is 8.03. The second-order valence-corrected chi connectivity index (χ2v) is 9.18. The minimum atomic E-state index is -0.447. The predicted octanol–water partition coefficient (Wildman–Crippen LogP) is 3.75. The quantitative estimate of drug-likeness (QED) is 0.796. The van der Waals surface area contributed by atoms with E-state index >= 15 is 0 Å². The summed E-state index contributed by atoms with van der Waals surface area (Å²) in [5, 5.41) is 7.24. The number of anilines is 1. The molecule has 2 heterocycles. The topological polar surface area (TPSA) is 56.7 Å². The number of nitrogens with zero attached hydrogens (tertiary/aromatic N) is 2. The van der Waals surface area contributed by atoms with Gasteiger partial charge in [0.15, 0.2) is 0 Å². The molecule has 1 atom stereocenters. The van der Waals surface area contributed by atoms with E-state index in [1.165, 1.54) is 11.6 Å². The Morgan fingerprint density at radius 2 is 1.90 bits per heavy atom. The number of nitrogens with one attached hydrogen (secondary N) is 2. The van der Waals surface area contributed by atoms with Gasteiger partial charge in [0, 0.05) is 25.3 Å². The fourth-order valence-corrected chi connectivity index (χ4v) is 4.14. The van der Waals surface area contributed by atoms with Gasteiger partial charge in [0.05, 0.1) is 17.5 Å². The summed E-state index contributed by atoms with van der Waals surface area (Å²) in [5.41, 5.74) is 1.94. The Labute approximate surface area is 177 Å². The molecule has 5 nitrogen and oxygen atoms in total. The summed E-state index contributed by atoms with van der Waals surface area (Å²) < 4.78 is 14.0. The molecule has 2 aromatic carbocycles. The average molecular weight is 409 g/mol. The molecular weight excluding hydrogens is 379 g/mol. The van der Waals surface area contributed by atoms with E-state index in [1.807, 2.05) is 17.0 Å². The molecule has 158 valence electrons. The lowest BCUT2D eigenvalue weighted by molar-refractivity contribution is -0.129. The van der Waals surface area contributed by atoms with E-state index in [4.69, 9.17) is 4.99 Å². The maximum Gasteiger partial charge on any atom is 0.227 e. The van der Waals surface area contributed by atoms with Crippen molar-refractivity contribution in [3.63, 3.8) is 0 Å². The number of amidine groups is 1. The van der Waals surface area contributed by atoms with Crippen molar-refractivity contribution in [1.29, 1.82) is 0 Å². The van der Waals surface area contributed by atoms with Crippen LogP contribution in [0, 0.1) is 5.82 Å². The van der Waals surface area contributed by atoms with E-state index in [2.05, 4.69) is 43.5 Å². The maximum absolute atomic E-state index is 14.0.